The Morgan fingerprint density at radius 2 is 1.83 bits per heavy atom. The van der Waals surface area contributed by atoms with Crippen molar-refractivity contribution in [2.75, 3.05) is 31.7 Å². The first kappa shape index (κ1) is 19.8. The zero-order valence-electron chi connectivity index (χ0n) is 16.2. The Kier molecular flexibility index (Phi) is 5.84. The smallest absolute Gasteiger partial charge is 0.305 e. The molecule has 0 radical (unpaired) electrons. The maximum atomic E-state index is 12.5. The minimum atomic E-state index is -0.521. The predicted molar refractivity (Wildman–Crippen MR) is 105 cm³/mol. The number of fused-ring (bicyclic) bond motifs is 1. The van der Waals surface area contributed by atoms with Crippen LogP contribution in [0, 0.1) is 5.92 Å². The van der Waals surface area contributed by atoms with E-state index in [0.717, 1.165) is 0 Å². The first-order valence-corrected chi connectivity index (χ1v) is 9.64. The van der Waals surface area contributed by atoms with Crippen LogP contribution in [0.25, 0.3) is 0 Å². The summed E-state index contributed by atoms with van der Waals surface area (Å²) in [6.07, 6.45) is 2.66. The summed E-state index contributed by atoms with van der Waals surface area (Å²) < 4.78 is 15.5. The minimum Gasteiger partial charge on any atom is -0.459 e. The van der Waals surface area contributed by atoms with Crippen molar-refractivity contribution in [2.45, 2.75) is 12.8 Å². The zero-order valence-corrected chi connectivity index (χ0v) is 16.2. The molecule has 2 aliphatic heterocycles. The Balaban J connectivity index is 1.18. The number of ether oxygens (including phenoxy) is 2. The predicted octanol–water partition coefficient (Wildman–Crippen LogP) is 1.12. The maximum absolute atomic E-state index is 12.5. The Morgan fingerprint density at radius 1 is 1.03 bits per heavy atom. The summed E-state index contributed by atoms with van der Waals surface area (Å²) >= 11 is 0. The second kappa shape index (κ2) is 8.87. The Hall–Kier alpha value is -3.53. The number of anilines is 1. The van der Waals surface area contributed by atoms with Gasteiger partial charge in [0.2, 0.25) is 12.7 Å². The van der Waals surface area contributed by atoms with Gasteiger partial charge in [-0.05, 0) is 50.2 Å². The maximum Gasteiger partial charge on any atom is 0.305 e. The molecule has 0 spiro atoms. The molecule has 3 N–H and O–H groups in total. The summed E-state index contributed by atoms with van der Waals surface area (Å²) in [5.41, 5.74) is 5.33. The summed E-state index contributed by atoms with van der Waals surface area (Å²) in [6, 6.07) is 8.38. The highest BCUT2D eigenvalue weighted by Crippen LogP contribution is 2.34. The average molecular weight is 414 g/mol. The molecule has 3 amide bonds. The molecule has 158 valence electrons. The number of hydrazine groups is 1. The second-order valence-corrected chi connectivity index (χ2v) is 7.09. The van der Waals surface area contributed by atoms with E-state index < -0.39 is 5.91 Å². The first-order chi connectivity index (χ1) is 14.6. The Labute approximate surface area is 172 Å². The third kappa shape index (κ3) is 4.71. The fraction of sp³-hybridized carbons (Fsp3) is 0.350. The molecule has 10 heteroatoms. The Bertz CT molecular complexity index is 921. The number of hydrogen-bond donors (Lipinski definition) is 3. The number of furan rings is 1. The summed E-state index contributed by atoms with van der Waals surface area (Å²) in [5, 5.41) is 2.91. The van der Waals surface area contributed by atoms with E-state index in [1.54, 1.807) is 24.3 Å². The highest BCUT2D eigenvalue weighted by molar-refractivity contribution is 5.93. The number of benzene rings is 1. The van der Waals surface area contributed by atoms with Crippen molar-refractivity contribution in [2.24, 2.45) is 5.92 Å². The topological polar surface area (TPSA) is 122 Å². The minimum absolute atomic E-state index is 0.0521. The fourth-order valence-electron chi connectivity index (χ4n) is 3.41. The molecule has 1 aromatic heterocycles. The van der Waals surface area contributed by atoms with E-state index in [4.69, 9.17) is 13.9 Å². The number of piperidine rings is 1. The number of rotatable bonds is 5. The molecule has 1 fully saturated rings. The van der Waals surface area contributed by atoms with Gasteiger partial charge in [0.25, 0.3) is 5.91 Å². The van der Waals surface area contributed by atoms with Gasteiger partial charge in [-0.1, -0.05) is 0 Å². The lowest BCUT2D eigenvalue weighted by molar-refractivity contribution is -0.124. The molecule has 1 saturated heterocycles. The van der Waals surface area contributed by atoms with Gasteiger partial charge in [0.15, 0.2) is 17.3 Å². The largest absolute Gasteiger partial charge is 0.459 e. The van der Waals surface area contributed by atoms with Crippen LogP contribution in [-0.4, -0.2) is 49.0 Å². The van der Waals surface area contributed by atoms with Crippen molar-refractivity contribution in [1.29, 1.82) is 0 Å². The van der Waals surface area contributed by atoms with E-state index in [1.165, 1.54) is 12.3 Å². The number of nitrogens with zero attached hydrogens (tertiary/aromatic N) is 1. The molecule has 30 heavy (non-hydrogen) atoms. The van der Waals surface area contributed by atoms with Crippen molar-refractivity contribution in [3.05, 3.63) is 42.4 Å². The highest BCUT2D eigenvalue weighted by atomic mass is 16.7. The van der Waals surface area contributed by atoms with Crippen molar-refractivity contribution in [3.63, 3.8) is 0 Å². The van der Waals surface area contributed by atoms with Crippen LogP contribution in [0.5, 0.6) is 11.5 Å². The van der Waals surface area contributed by atoms with E-state index in [1.807, 2.05) is 4.90 Å². The quantitative estimate of drug-likeness (QED) is 0.627. The highest BCUT2D eigenvalue weighted by Gasteiger charge is 2.26. The number of hydrogen-bond acceptors (Lipinski definition) is 7. The Morgan fingerprint density at radius 3 is 2.60 bits per heavy atom. The summed E-state index contributed by atoms with van der Waals surface area (Å²) in [6.45, 7) is 1.54. The van der Waals surface area contributed by atoms with E-state index in [-0.39, 0.29) is 36.8 Å². The van der Waals surface area contributed by atoms with Crippen molar-refractivity contribution < 1.29 is 28.3 Å². The molecular formula is C20H22N4O6. The monoisotopic (exact) mass is 414 g/mol. The second-order valence-electron chi connectivity index (χ2n) is 7.09. The molecule has 1 aromatic carbocycles. The van der Waals surface area contributed by atoms with Gasteiger partial charge in [-0.15, -0.1) is 0 Å². The molecule has 4 rings (SSSR count). The molecule has 0 aliphatic carbocycles. The van der Waals surface area contributed by atoms with Crippen LogP contribution < -0.4 is 25.6 Å². The standard InChI is InChI=1S/C20H22N4O6/c25-18(22-23-20(27)16-2-1-9-28-16)11-24-7-5-13(6-8-24)19(26)21-14-3-4-15-17(10-14)30-12-29-15/h1-4,9-10,13H,5-8,11-12H2,(H,21,26)(H,22,25)(H,23,27). The normalized spacial score (nSPS) is 16.1. The van der Waals surface area contributed by atoms with Gasteiger partial charge in [-0.25, -0.2) is 0 Å². The number of carbonyl (C=O) groups is 3. The first-order valence-electron chi connectivity index (χ1n) is 9.64. The zero-order chi connectivity index (χ0) is 20.9. The van der Waals surface area contributed by atoms with Crippen LogP contribution in [0.4, 0.5) is 5.69 Å². The summed E-state index contributed by atoms with van der Waals surface area (Å²) in [4.78, 5) is 38.3. The lowest BCUT2D eigenvalue weighted by Crippen LogP contribution is -2.48. The van der Waals surface area contributed by atoms with Gasteiger partial charge >= 0.3 is 5.91 Å². The molecular weight excluding hydrogens is 392 g/mol. The van der Waals surface area contributed by atoms with E-state index in [2.05, 4.69) is 16.2 Å². The van der Waals surface area contributed by atoms with Crippen LogP contribution in [0.1, 0.15) is 23.4 Å². The number of carbonyl (C=O) groups excluding carboxylic acids is 3. The van der Waals surface area contributed by atoms with Crippen molar-refractivity contribution >= 4 is 23.4 Å². The third-order valence-corrected chi connectivity index (χ3v) is 5.03. The average Bonchev–Trinajstić information content (AvgIpc) is 3.44. The fourth-order valence-corrected chi connectivity index (χ4v) is 3.41. The molecule has 3 heterocycles. The van der Waals surface area contributed by atoms with Crippen LogP contribution >= 0.6 is 0 Å². The lowest BCUT2D eigenvalue weighted by atomic mass is 9.96. The van der Waals surface area contributed by atoms with Gasteiger partial charge in [0.1, 0.15) is 0 Å². The van der Waals surface area contributed by atoms with Gasteiger partial charge in [-0.2, -0.15) is 0 Å². The van der Waals surface area contributed by atoms with Gasteiger partial charge in [0, 0.05) is 17.7 Å². The van der Waals surface area contributed by atoms with Gasteiger partial charge in [-0.3, -0.25) is 30.1 Å². The van der Waals surface area contributed by atoms with Crippen LogP contribution in [0.2, 0.25) is 0 Å². The van der Waals surface area contributed by atoms with Crippen LogP contribution in [0.3, 0.4) is 0 Å². The van der Waals surface area contributed by atoms with Crippen LogP contribution in [0.15, 0.2) is 41.0 Å². The molecule has 2 aliphatic rings. The van der Waals surface area contributed by atoms with E-state index >= 15 is 0 Å². The molecule has 0 atom stereocenters. The number of amides is 3. The number of likely N-dealkylation sites (tertiary alicyclic amines) is 1. The molecule has 0 unspecified atom stereocenters. The van der Waals surface area contributed by atoms with Gasteiger partial charge in [0.05, 0.1) is 12.8 Å². The molecule has 10 nitrogen and oxygen atoms in total. The third-order valence-electron chi connectivity index (χ3n) is 5.03. The summed E-state index contributed by atoms with van der Waals surface area (Å²) in [7, 11) is 0. The SMILES string of the molecule is O=C(CN1CCC(C(=O)Nc2ccc3c(c2)OCO3)CC1)NNC(=O)c1ccco1. The van der Waals surface area contributed by atoms with E-state index in [9.17, 15) is 14.4 Å². The van der Waals surface area contributed by atoms with Gasteiger partial charge < -0.3 is 19.2 Å². The molecule has 2 aromatic rings. The molecule has 0 bridgehead atoms. The lowest BCUT2D eigenvalue weighted by Gasteiger charge is -2.30. The summed E-state index contributed by atoms with van der Waals surface area (Å²) in [5.74, 6) is 0.361. The van der Waals surface area contributed by atoms with Crippen molar-refractivity contribution in [3.8, 4) is 11.5 Å². The van der Waals surface area contributed by atoms with Crippen molar-refractivity contribution in [1.82, 2.24) is 15.8 Å². The van der Waals surface area contributed by atoms with Crippen LogP contribution in [-0.2, 0) is 9.59 Å². The molecule has 0 saturated carbocycles. The number of nitrogens with one attached hydrogen (secondary N) is 3. The van der Waals surface area contributed by atoms with E-state index in [0.29, 0.717) is 43.1 Å².